The Morgan fingerprint density at radius 1 is 0.893 bits per heavy atom. The Kier molecular flexibility index (Phi) is 4.27. The molecule has 2 N–H and O–H groups in total. The van der Waals surface area contributed by atoms with Gasteiger partial charge in [0.2, 0.25) is 0 Å². The van der Waals surface area contributed by atoms with Gasteiger partial charge in [0.1, 0.15) is 28.8 Å². The van der Waals surface area contributed by atoms with Crippen molar-refractivity contribution in [3.05, 3.63) is 52.7 Å². The number of nitrogens with two attached hydrogens (primary N) is 1. The zero-order chi connectivity index (χ0) is 19.8. The van der Waals surface area contributed by atoms with E-state index in [1.807, 2.05) is 0 Å². The zero-order valence-electron chi connectivity index (χ0n) is 15.6. The molecule has 4 aromatic rings. The molecule has 0 unspecified atom stereocenters. The van der Waals surface area contributed by atoms with Crippen molar-refractivity contribution in [1.29, 1.82) is 0 Å². The van der Waals surface area contributed by atoms with E-state index in [1.54, 1.807) is 50.6 Å². The molecule has 28 heavy (non-hydrogen) atoms. The summed E-state index contributed by atoms with van der Waals surface area (Å²) in [6.45, 7) is 0. The Bertz CT molecular complexity index is 1260. The SMILES string of the molecule is COc1ccc(OC)c2c1c(OC)cc1c(=O)cc(-c3cccc(N)n3)oc12. The zero-order valence-corrected chi connectivity index (χ0v) is 15.6. The normalized spacial score (nSPS) is 11.0. The van der Waals surface area contributed by atoms with Gasteiger partial charge in [-0.1, -0.05) is 6.07 Å². The van der Waals surface area contributed by atoms with Crippen LogP contribution in [0.4, 0.5) is 5.82 Å². The molecule has 0 bridgehead atoms. The van der Waals surface area contributed by atoms with Crippen LogP contribution < -0.4 is 25.4 Å². The van der Waals surface area contributed by atoms with E-state index in [4.69, 9.17) is 24.4 Å². The van der Waals surface area contributed by atoms with Gasteiger partial charge in [-0.3, -0.25) is 4.79 Å². The van der Waals surface area contributed by atoms with E-state index < -0.39 is 0 Å². The molecule has 4 rings (SSSR count). The van der Waals surface area contributed by atoms with Crippen LogP contribution in [0.15, 0.2) is 51.7 Å². The van der Waals surface area contributed by atoms with Gasteiger partial charge >= 0.3 is 0 Å². The van der Waals surface area contributed by atoms with Gasteiger partial charge in [0.25, 0.3) is 0 Å². The van der Waals surface area contributed by atoms with Gasteiger partial charge in [0.05, 0.1) is 37.5 Å². The van der Waals surface area contributed by atoms with Gasteiger partial charge in [0, 0.05) is 6.07 Å². The lowest BCUT2D eigenvalue weighted by Gasteiger charge is -2.15. The van der Waals surface area contributed by atoms with E-state index in [9.17, 15) is 4.79 Å². The molecule has 7 nitrogen and oxygen atoms in total. The largest absolute Gasteiger partial charge is 0.496 e. The lowest BCUT2D eigenvalue weighted by Crippen LogP contribution is -2.03. The predicted octanol–water partition coefficient (Wildman–Crippen LogP) is 3.62. The number of aromatic nitrogens is 1. The van der Waals surface area contributed by atoms with Crippen LogP contribution in [0.1, 0.15) is 0 Å². The molecular formula is C21H18N2O5. The molecule has 0 saturated carbocycles. The van der Waals surface area contributed by atoms with Gasteiger partial charge in [-0.15, -0.1) is 0 Å². The van der Waals surface area contributed by atoms with Crippen LogP contribution in [-0.4, -0.2) is 26.3 Å². The number of methoxy groups -OCH3 is 3. The van der Waals surface area contributed by atoms with Crippen LogP contribution in [0.5, 0.6) is 17.2 Å². The highest BCUT2D eigenvalue weighted by Gasteiger charge is 2.20. The van der Waals surface area contributed by atoms with Crippen molar-refractivity contribution in [2.24, 2.45) is 0 Å². The highest BCUT2D eigenvalue weighted by molar-refractivity contribution is 6.13. The molecule has 0 radical (unpaired) electrons. The molecule has 2 aromatic heterocycles. The Morgan fingerprint density at radius 3 is 2.21 bits per heavy atom. The van der Waals surface area contributed by atoms with Gasteiger partial charge in [-0.05, 0) is 30.3 Å². The molecule has 7 heteroatoms. The van der Waals surface area contributed by atoms with Crippen LogP contribution in [0.2, 0.25) is 0 Å². The molecule has 0 saturated heterocycles. The third-order valence-electron chi connectivity index (χ3n) is 4.54. The van der Waals surface area contributed by atoms with E-state index in [1.165, 1.54) is 13.2 Å². The van der Waals surface area contributed by atoms with Crippen molar-refractivity contribution in [1.82, 2.24) is 4.98 Å². The average molecular weight is 378 g/mol. The molecule has 0 aliphatic rings. The summed E-state index contributed by atoms with van der Waals surface area (Å²) in [6.07, 6.45) is 0. The van der Waals surface area contributed by atoms with Gasteiger partial charge < -0.3 is 24.4 Å². The van der Waals surface area contributed by atoms with E-state index in [0.717, 1.165) is 0 Å². The number of rotatable bonds is 4. The second-order valence-corrected chi connectivity index (χ2v) is 6.10. The molecule has 0 amide bonds. The molecule has 2 aromatic carbocycles. The second kappa shape index (κ2) is 6.77. The van der Waals surface area contributed by atoms with Crippen molar-refractivity contribution >= 4 is 27.6 Å². The molecule has 0 aliphatic carbocycles. The maximum absolute atomic E-state index is 12.9. The van der Waals surface area contributed by atoms with Crippen molar-refractivity contribution in [3.8, 4) is 28.7 Å². The molecule has 0 aliphatic heterocycles. The van der Waals surface area contributed by atoms with E-state index in [0.29, 0.717) is 56.3 Å². The summed E-state index contributed by atoms with van der Waals surface area (Å²) < 4.78 is 22.7. The van der Waals surface area contributed by atoms with Crippen LogP contribution in [0, 0.1) is 0 Å². The summed E-state index contributed by atoms with van der Waals surface area (Å²) in [5.74, 6) is 2.23. The topological polar surface area (TPSA) is 96.8 Å². The number of nitrogens with zero attached hydrogens (tertiary/aromatic N) is 1. The number of nitrogen functional groups attached to an aromatic ring is 1. The fourth-order valence-corrected chi connectivity index (χ4v) is 3.28. The van der Waals surface area contributed by atoms with Crippen LogP contribution >= 0.6 is 0 Å². The van der Waals surface area contributed by atoms with Gasteiger partial charge in [-0.25, -0.2) is 4.98 Å². The predicted molar refractivity (Wildman–Crippen MR) is 107 cm³/mol. The molecule has 2 heterocycles. The third kappa shape index (κ3) is 2.68. The third-order valence-corrected chi connectivity index (χ3v) is 4.54. The summed E-state index contributed by atoms with van der Waals surface area (Å²) in [5, 5.41) is 1.60. The van der Waals surface area contributed by atoms with E-state index in [2.05, 4.69) is 4.98 Å². The maximum Gasteiger partial charge on any atom is 0.193 e. The minimum Gasteiger partial charge on any atom is -0.496 e. The first-order valence-corrected chi connectivity index (χ1v) is 8.49. The number of anilines is 1. The fraction of sp³-hybridized carbons (Fsp3) is 0.143. The number of hydrogen-bond donors (Lipinski definition) is 1. The van der Waals surface area contributed by atoms with Crippen molar-refractivity contribution in [2.45, 2.75) is 0 Å². The van der Waals surface area contributed by atoms with Crippen molar-refractivity contribution in [3.63, 3.8) is 0 Å². The highest BCUT2D eigenvalue weighted by atomic mass is 16.5. The number of ether oxygens (including phenoxy) is 3. The number of benzene rings is 2. The Labute approximate surface area is 160 Å². The highest BCUT2D eigenvalue weighted by Crippen LogP contribution is 2.43. The molecule has 0 spiro atoms. The van der Waals surface area contributed by atoms with Gasteiger partial charge in [-0.2, -0.15) is 0 Å². The maximum atomic E-state index is 12.9. The summed E-state index contributed by atoms with van der Waals surface area (Å²) in [4.78, 5) is 17.1. The molecule has 0 fully saturated rings. The number of hydrogen-bond acceptors (Lipinski definition) is 7. The first-order chi connectivity index (χ1) is 13.6. The van der Waals surface area contributed by atoms with E-state index >= 15 is 0 Å². The summed E-state index contributed by atoms with van der Waals surface area (Å²) in [6, 6.07) is 11.7. The average Bonchev–Trinajstić information content (AvgIpc) is 2.72. The first kappa shape index (κ1) is 17.7. The smallest absolute Gasteiger partial charge is 0.193 e. The summed E-state index contributed by atoms with van der Waals surface area (Å²) in [7, 11) is 4.65. The Balaban J connectivity index is 2.19. The Hall–Kier alpha value is -3.74. The molecular weight excluding hydrogens is 360 g/mol. The fourth-order valence-electron chi connectivity index (χ4n) is 3.28. The van der Waals surface area contributed by atoms with Crippen LogP contribution in [0.25, 0.3) is 33.2 Å². The van der Waals surface area contributed by atoms with Crippen molar-refractivity contribution < 1.29 is 18.6 Å². The monoisotopic (exact) mass is 378 g/mol. The lowest BCUT2D eigenvalue weighted by atomic mass is 10.0. The van der Waals surface area contributed by atoms with Crippen LogP contribution in [-0.2, 0) is 0 Å². The summed E-state index contributed by atoms with van der Waals surface area (Å²) >= 11 is 0. The van der Waals surface area contributed by atoms with E-state index in [-0.39, 0.29) is 5.43 Å². The number of pyridine rings is 1. The quantitative estimate of drug-likeness (QED) is 0.542. The van der Waals surface area contributed by atoms with Gasteiger partial charge in [0.15, 0.2) is 16.8 Å². The Morgan fingerprint density at radius 2 is 1.57 bits per heavy atom. The minimum atomic E-state index is -0.231. The number of fused-ring (bicyclic) bond motifs is 3. The lowest BCUT2D eigenvalue weighted by molar-refractivity contribution is 0.400. The minimum absolute atomic E-state index is 0.231. The standard InChI is InChI=1S/C21H18N2O5/c1-25-14-7-8-15(26-2)20-19(14)17(27-3)9-11-13(24)10-16(28-21(11)20)12-5-4-6-18(22)23-12/h4-10H,1-3H3,(H2,22,23). The van der Waals surface area contributed by atoms with Crippen molar-refractivity contribution in [2.75, 3.05) is 27.1 Å². The molecule has 0 atom stereocenters. The summed E-state index contributed by atoms with van der Waals surface area (Å²) in [5.41, 5.74) is 6.37. The van der Waals surface area contributed by atoms with Crippen LogP contribution in [0.3, 0.4) is 0 Å². The second-order valence-electron chi connectivity index (χ2n) is 6.10. The first-order valence-electron chi connectivity index (χ1n) is 8.49. The molecule has 142 valence electrons.